The van der Waals surface area contributed by atoms with Gasteiger partial charge in [-0.15, -0.1) is 0 Å². The second kappa shape index (κ2) is 4.73. The number of hydrogen-bond donors (Lipinski definition) is 1. The van der Waals surface area contributed by atoms with Crippen LogP contribution in [0.15, 0.2) is 41.2 Å². The highest BCUT2D eigenvalue weighted by Gasteiger charge is 2.14. The fraction of sp³-hybridized carbons (Fsp3) is 0.0714. The Balaban J connectivity index is 2.07. The molecule has 6 heteroatoms. The smallest absolute Gasteiger partial charge is 0.260 e. The molecule has 0 atom stereocenters. The predicted molar refractivity (Wildman–Crippen MR) is 72.1 cm³/mol. The van der Waals surface area contributed by atoms with E-state index in [1.165, 1.54) is 18.2 Å². The van der Waals surface area contributed by atoms with E-state index >= 15 is 0 Å². The van der Waals surface area contributed by atoms with Crippen molar-refractivity contribution in [1.82, 2.24) is 15.1 Å². The van der Waals surface area contributed by atoms with E-state index in [0.717, 1.165) is 11.1 Å². The molecule has 0 radical (unpaired) electrons. The van der Waals surface area contributed by atoms with Crippen LogP contribution in [0, 0.1) is 12.7 Å². The minimum Gasteiger partial charge on any atom is -0.398 e. The zero-order valence-electron chi connectivity index (χ0n) is 10.7. The number of anilines is 1. The molecule has 5 nitrogen and oxygen atoms in total. The van der Waals surface area contributed by atoms with Crippen molar-refractivity contribution in [3.8, 4) is 22.8 Å². The molecule has 2 N–H and O–H groups in total. The zero-order valence-corrected chi connectivity index (χ0v) is 10.7. The molecule has 0 bridgehead atoms. The van der Waals surface area contributed by atoms with Crippen molar-refractivity contribution in [2.24, 2.45) is 0 Å². The van der Waals surface area contributed by atoms with Crippen LogP contribution < -0.4 is 5.73 Å². The van der Waals surface area contributed by atoms with E-state index in [1.54, 1.807) is 18.5 Å². The van der Waals surface area contributed by atoms with E-state index in [-0.39, 0.29) is 5.89 Å². The van der Waals surface area contributed by atoms with Crippen molar-refractivity contribution >= 4 is 5.69 Å². The van der Waals surface area contributed by atoms with Crippen molar-refractivity contribution in [1.29, 1.82) is 0 Å². The number of nitrogens with two attached hydrogens (primary N) is 1. The highest BCUT2D eigenvalue weighted by atomic mass is 19.1. The Bertz CT molecular complexity index is 769. The lowest BCUT2D eigenvalue weighted by atomic mass is 10.1. The lowest BCUT2D eigenvalue weighted by Gasteiger charge is -2.00. The highest BCUT2D eigenvalue weighted by molar-refractivity contribution is 5.71. The van der Waals surface area contributed by atoms with Crippen LogP contribution in [0.4, 0.5) is 10.1 Å². The summed E-state index contributed by atoms with van der Waals surface area (Å²) in [5.41, 5.74) is 8.30. The first kappa shape index (κ1) is 12.3. The van der Waals surface area contributed by atoms with E-state index in [2.05, 4.69) is 15.1 Å². The van der Waals surface area contributed by atoms with Gasteiger partial charge in [0.15, 0.2) is 0 Å². The molecule has 100 valence electrons. The van der Waals surface area contributed by atoms with Crippen molar-refractivity contribution in [3.05, 3.63) is 48.0 Å². The lowest BCUT2D eigenvalue weighted by molar-refractivity contribution is 0.432. The number of halogens is 1. The van der Waals surface area contributed by atoms with Crippen molar-refractivity contribution in [2.75, 3.05) is 5.73 Å². The fourth-order valence-corrected chi connectivity index (χ4v) is 1.88. The van der Waals surface area contributed by atoms with Gasteiger partial charge in [-0.25, -0.2) is 4.39 Å². The van der Waals surface area contributed by atoms with Gasteiger partial charge in [0.2, 0.25) is 5.82 Å². The molecule has 0 saturated carbocycles. The molecule has 0 aliphatic carbocycles. The normalized spacial score (nSPS) is 10.7. The minimum atomic E-state index is -0.408. The summed E-state index contributed by atoms with van der Waals surface area (Å²) in [6.45, 7) is 1.90. The molecular formula is C14H11FN4O. The Hall–Kier alpha value is -2.76. The molecule has 0 aliphatic heterocycles. The lowest BCUT2D eigenvalue weighted by Crippen LogP contribution is -1.91. The Labute approximate surface area is 114 Å². The first-order chi connectivity index (χ1) is 9.65. The number of pyridine rings is 1. The van der Waals surface area contributed by atoms with E-state index in [4.69, 9.17) is 10.3 Å². The maximum Gasteiger partial charge on any atom is 0.260 e. The van der Waals surface area contributed by atoms with Crippen molar-refractivity contribution in [3.63, 3.8) is 0 Å². The standard InChI is InChI=1S/C14H11FN4O/c1-8-7-17-5-4-10(8)13-18-14(20-19-13)11-6-9(15)2-3-12(11)16/h2-7H,16H2,1H3. The Kier molecular flexibility index (Phi) is 2.90. The van der Waals surface area contributed by atoms with Crippen LogP contribution in [-0.4, -0.2) is 15.1 Å². The summed E-state index contributed by atoms with van der Waals surface area (Å²) in [6.07, 6.45) is 3.36. The van der Waals surface area contributed by atoms with Crippen LogP contribution in [-0.2, 0) is 0 Å². The third kappa shape index (κ3) is 2.11. The van der Waals surface area contributed by atoms with Gasteiger partial charge in [-0.2, -0.15) is 4.98 Å². The molecular weight excluding hydrogens is 259 g/mol. The number of hydrogen-bond acceptors (Lipinski definition) is 5. The molecule has 0 unspecified atom stereocenters. The van der Waals surface area contributed by atoms with Gasteiger partial charge < -0.3 is 10.3 Å². The molecule has 0 spiro atoms. The van der Waals surface area contributed by atoms with Crippen LogP contribution >= 0.6 is 0 Å². The van der Waals surface area contributed by atoms with Gasteiger partial charge in [0, 0.05) is 23.6 Å². The number of nitrogens with zero attached hydrogens (tertiary/aromatic N) is 3. The molecule has 20 heavy (non-hydrogen) atoms. The minimum absolute atomic E-state index is 0.188. The van der Waals surface area contributed by atoms with Crippen molar-refractivity contribution in [2.45, 2.75) is 6.92 Å². The summed E-state index contributed by atoms with van der Waals surface area (Å²) in [4.78, 5) is 8.27. The summed E-state index contributed by atoms with van der Waals surface area (Å²) in [5, 5.41) is 3.90. The van der Waals surface area contributed by atoms with Crippen LogP contribution in [0.1, 0.15) is 5.56 Å². The maximum absolute atomic E-state index is 13.3. The second-order valence-corrected chi connectivity index (χ2v) is 4.35. The van der Waals surface area contributed by atoms with E-state index in [1.807, 2.05) is 6.92 Å². The third-order valence-electron chi connectivity index (χ3n) is 2.93. The molecule has 3 rings (SSSR count). The Morgan fingerprint density at radius 3 is 2.85 bits per heavy atom. The van der Waals surface area contributed by atoms with Crippen molar-refractivity contribution < 1.29 is 8.91 Å². The summed E-state index contributed by atoms with van der Waals surface area (Å²) < 4.78 is 18.4. The first-order valence-corrected chi connectivity index (χ1v) is 5.95. The monoisotopic (exact) mass is 270 g/mol. The first-order valence-electron chi connectivity index (χ1n) is 5.95. The zero-order chi connectivity index (χ0) is 14.1. The average Bonchev–Trinajstić information content (AvgIpc) is 2.91. The number of benzene rings is 1. The molecule has 0 amide bonds. The molecule has 1 aromatic carbocycles. The number of aromatic nitrogens is 3. The van der Waals surface area contributed by atoms with Crippen LogP contribution in [0.2, 0.25) is 0 Å². The average molecular weight is 270 g/mol. The summed E-state index contributed by atoms with van der Waals surface area (Å²) >= 11 is 0. The van der Waals surface area contributed by atoms with Gasteiger partial charge in [-0.1, -0.05) is 5.16 Å². The fourth-order valence-electron chi connectivity index (χ4n) is 1.88. The van der Waals surface area contributed by atoms with E-state index in [0.29, 0.717) is 17.1 Å². The van der Waals surface area contributed by atoms with Crippen LogP contribution in [0.3, 0.4) is 0 Å². The predicted octanol–water partition coefficient (Wildman–Crippen LogP) is 2.83. The largest absolute Gasteiger partial charge is 0.398 e. The molecule has 0 aliphatic rings. The molecule has 0 saturated heterocycles. The van der Waals surface area contributed by atoms with E-state index < -0.39 is 5.82 Å². The third-order valence-corrected chi connectivity index (χ3v) is 2.93. The quantitative estimate of drug-likeness (QED) is 0.724. The summed E-state index contributed by atoms with van der Waals surface area (Å²) in [7, 11) is 0. The molecule has 0 fully saturated rings. The van der Waals surface area contributed by atoms with Crippen LogP contribution in [0.5, 0.6) is 0 Å². The molecule has 2 aromatic heterocycles. The van der Waals surface area contributed by atoms with Gasteiger partial charge >= 0.3 is 0 Å². The van der Waals surface area contributed by atoms with Gasteiger partial charge in [0.1, 0.15) is 5.82 Å². The van der Waals surface area contributed by atoms with Crippen LogP contribution in [0.25, 0.3) is 22.8 Å². The second-order valence-electron chi connectivity index (χ2n) is 4.35. The maximum atomic E-state index is 13.3. The SMILES string of the molecule is Cc1cnccc1-c1noc(-c2cc(F)ccc2N)n1. The molecule has 2 heterocycles. The topological polar surface area (TPSA) is 77.8 Å². The summed E-state index contributed by atoms with van der Waals surface area (Å²) in [6, 6.07) is 5.81. The summed E-state index contributed by atoms with van der Waals surface area (Å²) in [5.74, 6) is 0.200. The Morgan fingerprint density at radius 1 is 1.20 bits per heavy atom. The highest BCUT2D eigenvalue weighted by Crippen LogP contribution is 2.28. The molecule has 3 aromatic rings. The number of aryl methyl sites for hydroxylation is 1. The Morgan fingerprint density at radius 2 is 2.05 bits per heavy atom. The van der Waals surface area contributed by atoms with Gasteiger partial charge in [-0.05, 0) is 36.8 Å². The van der Waals surface area contributed by atoms with Gasteiger partial charge in [-0.3, -0.25) is 4.98 Å². The van der Waals surface area contributed by atoms with E-state index in [9.17, 15) is 4.39 Å². The van der Waals surface area contributed by atoms with Gasteiger partial charge in [0.25, 0.3) is 5.89 Å². The van der Waals surface area contributed by atoms with Gasteiger partial charge in [0.05, 0.1) is 5.56 Å². The number of nitrogen functional groups attached to an aromatic ring is 1. The number of rotatable bonds is 2.